The number of benzene rings is 1. The van der Waals surface area contributed by atoms with Crippen LogP contribution in [0.5, 0.6) is 0 Å². The molecule has 1 aliphatic rings. The lowest BCUT2D eigenvalue weighted by Gasteiger charge is -1.98. The second-order valence-electron chi connectivity index (χ2n) is 2.71. The molecule has 0 aliphatic heterocycles. The van der Waals surface area contributed by atoms with E-state index in [4.69, 9.17) is 4.42 Å². The summed E-state index contributed by atoms with van der Waals surface area (Å²) in [6.45, 7) is 0. The lowest BCUT2D eigenvalue weighted by molar-refractivity contribution is 0.601. The molecular formula is C10H6O. The Hall–Kier alpha value is -1.50. The highest BCUT2D eigenvalue weighted by Crippen LogP contribution is 2.33. The van der Waals surface area contributed by atoms with Crippen molar-refractivity contribution in [2.75, 3.05) is 0 Å². The van der Waals surface area contributed by atoms with Crippen LogP contribution >= 0.6 is 0 Å². The summed E-state index contributed by atoms with van der Waals surface area (Å²) in [4.78, 5) is 0. The van der Waals surface area contributed by atoms with Gasteiger partial charge in [0.1, 0.15) is 11.3 Å². The van der Waals surface area contributed by atoms with Crippen LogP contribution in [0.15, 0.2) is 28.7 Å². The van der Waals surface area contributed by atoms with E-state index in [-0.39, 0.29) is 0 Å². The summed E-state index contributed by atoms with van der Waals surface area (Å²) in [5, 5.41) is 1.23. The zero-order chi connectivity index (χ0) is 7.26. The first kappa shape index (κ1) is 5.19. The van der Waals surface area contributed by atoms with Crippen LogP contribution < -0.4 is 0 Å². The van der Waals surface area contributed by atoms with Crippen molar-refractivity contribution in [3.8, 4) is 0 Å². The molecule has 0 amide bonds. The third-order valence-corrected chi connectivity index (χ3v) is 2.06. The lowest BCUT2D eigenvalue weighted by atomic mass is 10.0. The maximum atomic E-state index is 5.50. The van der Waals surface area contributed by atoms with Gasteiger partial charge in [0.05, 0.1) is 0 Å². The van der Waals surface area contributed by atoms with Crippen LogP contribution in [0.25, 0.3) is 23.1 Å². The molecule has 0 saturated carbocycles. The van der Waals surface area contributed by atoms with Gasteiger partial charge in [0, 0.05) is 10.9 Å². The number of rotatable bonds is 0. The summed E-state index contributed by atoms with van der Waals surface area (Å²) in [5.41, 5.74) is 2.24. The van der Waals surface area contributed by atoms with Gasteiger partial charge in [0.2, 0.25) is 0 Å². The van der Waals surface area contributed by atoms with Gasteiger partial charge in [-0.1, -0.05) is 18.2 Å². The average Bonchev–Trinajstić information content (AvgIpc) is 2.23. The van der Waals surface area contributed by atoms with Gasteiger partial charge in [0.25, 0.3) is 0 Å². The molecule has 0 bridgehead atoms. The van der Waals surface area contributed by atoms with Crippen molar-refractivity contribution in [2.45, 2.75) is 0 Å². The molecule has 1 heterocycles. The summed E-state index contributed by atoms with van der Waals surface area (Å²) in [6, 6.07) is 8.10. The first-order chi connectivity index (χ1) is 5.45. The monoisotopic (exact) mass is 142 g/mol. The molecule has 1 aromatic carbocycles. The van der Waals surface area contributed by atoms with Crippen LogP contribution in [-0.4, -0.2) is 0 Å². The summed E-state index contributed by atoms with van der Waals surface area (Å²) < 4.78 is 5.50. The number of hydrogen-bond donors (Lipinski definition) is 0. The molecule has 0 atom stereocenters. The molecular weight excluding hydrogens is 136 g/mol. The first-order valence-electron chi connectivity index (χ1n) is 3.65. The van der Waals surface area contributed by atoms with Crippen LogP contribution in [0.3, 0.4) is 0 Å². The van der Waals surface area contributed by atoms with E-state index in [2.05, 4.69) is 12.1 Å². The Morgan fingerprint density at radius 2 is 1.91 bits per heavy atom. The van der Waals surface area contributed by atoms with E-state index in [1.165, 1.54) is 10.9 Å². The van der Waals surface area contributed by atoms with Gasteiger partial charge in [-0.3, -0.25) is 0 Å². The number of para-hydroxylation sites is 1. The number of hydrogen-bond acceptors (Lipinski definition) is 1. The van der Waals surface area contributed by atoms with Crippen molar-refractivity contribution in [1.29, 1.82) is 0 Å². The summed E-state index contributed by atoms with van der Waals surface area (Å²) >= 11 is 0. The normalized spacial score (nSPS) is 13.1. The zero-order valence-corrected chi connectivity index (χ0v) is 5.87. The highest BCUT2D eigenvalue weighted by Gasteiger charge is 2.14. The van der Waals surface area contributed by atoms with E-state index in [0.717, 1.165) is 11.3 Å². The van der Waals surface area contributed by atoms with E-state index in [9.17, 15) is 0 Å². The van der Waals surface area contributed by atoms with E-state index in [0.29, 0.717) is 0 Å². The molecule has 11 heavy (non-hydrogen) atoms. The molecule has 1 nitrogen and oxygen atoms in total. The molecule has 1 aliphatic carbocycles. The molecule has 0 N–H and O–H groups in total. The summed E-state index contributed by atoms with van der Waals surface area (Å²) in [5.74, 6) is 1.02. The first-order valence-corrected chi connectivity index (χ1v) is 3.65. The highest BCUT2D eigenvalue weighted by atomic mass is 16.3. The van der Waals surface area contributed by atoms with Gasteiger partial charge in [-0.15, -0.1) is 0 Å². The Labute approximate surface area is 63.9 Å². The fraction of sp³-hybridized carbons (Fsp3) is 0. The maximum Gasteiger partial charge on any atom is 0.135 e. The molecule has 1 aromatic heterocycles. The quantitative estimate of drug-likeness (QED) is 0.470. The molecule has 0 saturated heterocycles. The van der Waals surface area contributed by atoms with E-state index in [1.807, 2.05) is 24.3 Å². The van der Waals surface area contributed by atoms with Gasteiger partial charge in [-0.2, -0.15) is 0 Å². The zero-order valence-electron chi connectivity index (χ0n) is 5.87. The van der Waals surface area contributed by atoms with Gasteiger partial charge >= 0.3 is 0 Å². The molecule has 0 spiro atoms. The van der Waals surface area contributed by atoms with E-state index in [1.54, 1.807) is 0 Å². The van der Waals surface area contributed by atoms with E-state index < -0.39 is 0 Å². The predicted molar refractivity (Wildman–Crippen MR) is 45.1 cm³/mol. The van der Waals surface area contributed by atoms with Crippen molar-refractivity contribution in [1.82, 2.24) is 0 Å². The largest absolute Gasteiger partial charge is 0.456 e. The molecule has 0 unspecified atom stereocenters. The Kier molecular flexibility index (Phi) is 0.737. The van der Waals surface area contributed by atoms with Crippen molar-refractivity contribution in [3.05, 3.63) is 35.6 Å². The van der Waals surface area contributed by atoms with Gasteiger partial charge in [-0.05, 0) is 18.2 Å². The Bertz CT molecular complexity index is 449. The van der Waals surface area contributed by atoms with Crippen molar-refractivity contribution < 1.29 is 4.42 Å². The Balaban J connectivity index is 2.56. The minimum atomic E-state index is 0.988. The molecule has 2 aromatic rings. The second-order valence-corrected chi connectivity index (χ2v) is 2.71. The van der Waals surface area contributed by atoms with Crippen LogP contribution in [0.4, 0.5) is 0 Å². The SMILES string of the molecule is C1=Cc2c1oc1ccccc21. The molecule has 3 rings (SSSR count). The van der Waals surface area contributed by atoms with Crippen molar-refractivity contribution in [2.24, 2.45) is 0 Å². The summed E-state index contributed by atoms with van der Waals surface area (Å²) in [7, 11) is 0. The minimum absolute atomic E-state index is 0.988. The van der Waals surface area contributed by atoms with Gasteiger partial charge < -0.3 is 4.42 Å². The fourth-order valence-electron chi connectivity index (χ4n) is 1.44. The second kappa shape index (κ2) is 1.56. The van der Waals surface area contributed by atoms with E-state index >= 15 is 0 Å². The van der Waals surface area contributed by atoms with Crippen LogP contribution in [0, 0.1) is 0 Å². The average molecular weight is 142 g/mol. The molecule has 0 fully saturated rings. The Morgan fingerprint density at radius 1 is 1.00 bits per heavy atom. The fourth-order valence-corrected chi connectivity index (χ4v) is 1.44. The third-order valence-electron chi connectivity index (χ3n) is 2.06. The van der Waals surface area contributed by atoms with Crippen molar-refractivity contribution >= 4 is 23.1 Å². The maximum absolute atomic E-state index is 5.50. The Morgan fingerprint density at radius 3 is 2.73 bits per heavy atom. The van der Waals surface area contributed by atoms with Crippen molar-refractivity contribution in [3.63, 3.8) is 0 Å². The summed E-state index contributed by atoms with van der Waals surface area (Å²) in [6.07, 6.45) is 4.08. The number of furan rings is 1. The highest BCUT2D eigenvalue weighted by molar-refractivity contribution is 5.99. The standard InChI is InChI=1S/C10H6O/c1-2-4-9-7(3-1)8-5-6-10(8)11-9/h1-6H. The third kappa shape index (κ3) is 0.511. The molecule has 52 valence electrons. The smallest absolute Gasteiger partial charge is 0.135 e. The lowest BCUT2D eigenvalue weighted by Crippen LogP contribution is -1.80. The minimum Gasteiger partial charge on any atom is -0.456 e. The van der Waals surface area contributed by atoms with Crippen LogP contribution in [0.1, 0.15) is 11.3 Å². The van der Waals surface area contributed by atoms with Crippen LogP contribution in [-0.2, 0) is 0 Å². The number of fused-ring (bicyclic) bond motifs is 3. The van der Waals surface area contributed by atoms with Crippen LogP contribution in [0.2, 0.25) is 0 Å². The van der Waals surface area contributed by atoms with Gasteiger partial charge in [0.15, 0.2) is 0 Å². The van der Waals surface area contributed by atoms with Gasteiger partial charge in [-0.25, -0.2) is 0 Å². The predicted octanol–water partition coefficient (Wildman–Crippen LogP) is 2.92. The topological polar surface area (TPSA) is 13.1 Å². The molecule has 0 radical (unpaired) electrons. The molecule has 1 heteroatoms.